The van der Waals surface area contributed by atoms with Crippen LogP contribution in [0.1, 0.15) is 36.1 Å². The second-order valence-electron chi connectivity index (χ2n) is 7.88. The summed E-state index contributed by atoms with van der Waals surface area (Å²) in [7, 11) is 0. The summed E-state index contributed by atoms with van der Waals surface area (Å²) < 4.78 is 1.75. The molecule has 7 heteroatoms. The molecule has 154 valence electrons. The van der Waals surface area contributed by atoms with Crippen molar-refractivity contribution >= 4 is 35.2 Å². The van der Waals surface area contributed by atoms with Gasteiger partial charge in [-0.05, 0) is 63.0 Å². The van der Waals surface area contributed by atoms with Crippen LogP contribution in [0.2, 0.25) is 10.2 Å². The third-order valence-electron chi connectivity index (χ3n) is 5.88. The highest BCUT2D eigenvalue weighted by atomic mass is 35.5. The molecule has 2 aliphatic rings. The average Bonchev–Trinajstić information content (AvgIpc) is 3.44. The van der Waals surface area contributed by atoms with E-state index >= 15 is 0 Å². The number of hydrogen-bond donors (Lipinski definition) is 0. The maximum atomic E-state index is 12.7. The number of aryl methyl sites for hydroxylation is 1. The zero-order valence-electron chi connectivity index (χ0n) is 16.7. The van der Waals surface area contributed by atoms with Crippen LogP contribution in [0.3, 0.4) is 0 Å². The van der Waals surface area contributed by atoms with Crippen molar-refractivity contribution in [3.63, 3.8) is 0 Å². The quantitative estimate of drug-likeness (QED) is 0.662. The lowest BCUT2D eigenvalue weighted by Crippen LogP contribution is -2.36. The highest BCUT2D eigenvalue weighted by Crippen LogP contribution is 2.24. The zero-order valence-corrected chi connectivity index (χ0v) is 18.2. The van der Waals surface area contributed by atoms with E-state index in [2.05, 4.69) is 10.00 Å². The Hall–Kier alpha value is -1.82. The molecule has 1 aromatic heterocycles. The molecular weight excluding hydrogens is 407 g/mol. The minimum atomic E-state index is 0.0487. The van der Waals surface area contributed by atoms with E-state index in [0.717, 1.165) is 36.3 Å². The largest absolute Gasteiger partial charge is 0.338 e. The molecule has 0 radical (unpaired) electrons. The lowest BCUT2D eigenvalue weighted by atomic mass is 10.2. The molecule has 4 rings (SSSR count). The van der Waals surface area contributed by atoms with Gasteiger partial charge in [-0.2, -0.15) is 5.10 Å². The van der Waals surface area contributed by atoms with Crippen molar-refractivity contribution in [3.05, 3.63) is 57.3 Å². The minimum Gasteiger partial charge on any atom is -0.338 e. The van der Waals surface area contributed by atoms with Gasteiger partial charge in [0.2, 0.25) is 5.91 Å². The van der Waals surface area contributed by atoms with Gasteiger partial charge in [-0.15, -0.1) is 0 Å². The van der Waals surface area contributed by atoms with Gasteiger partial charge in [0.05, 0.1) is 12.2 Å². The van der Waals surface area contributed by atoms with Crippen LogP contribution in [-0.2, 0) is 11.3 Å². The predicted molar refractivity (Wildman–Crippen MR) is 117 cm³/mol. The van der Waals surface area contributed by atoms with E-state index in [1.165, 1.54) is 25.9 Å². The second kappa shape index (κ2) is 8.90. The number of aromatic nitrogens is 2. The standard InChI is InChI=1S/C22H26Cl2N4O/c1-16-20(22(24)28(25-16)14-17-4-6-18(23)7-5-17)8-9-21(29)27-13-10-19(15-27)26-11-2-3-12-26/h4-9,19H,2-3,10-15H2,1H3/b9-8+. The molecule has 1 amide bonds. The van der Waals surface area contributed by atoms with Gasteiger partial charge < -0.3 is 4.90 Å². The summed E-state index contributed by atoms with van der Waals surface area (Å²) in [6.07, 6.45) is 7.06. The normalized spacial score (nSPS) is 20.2. The van der Waals surface area contributed by atoms with E-state index in [4.69, 9.17) is 23.2 Å². The molecule has 29 heavy (non-hydrogen) atoms. The van der Waals surface area contributed by atoms with E-state index in [0.29, 0.717) is 22.8 Å². The minimum absolute atomic E-state index is 0.0487. The first-order valence-corrected chi connectivity index (χ1v) is 11.0. The SMILES string of the molecule is Cc1nn(Cc2ccc(Cl)cc2)c(Cl)c1/C=C/C(=O)N1CCC(N2CCCC2)C1. The highest BCUT2D eigenvalue weighted by Gasteiger charge is 2.30. The molecule has 2 saturated heterocycles. The number of rotatable bonds is 5. The Balaban J connectivity index is 1.41. The number of hydrogen-bond acceptors (Lipinski definition) is 3. The molecule has 5 nitrogen and oxygen atoms in total. The number of carbonyl (C=O) groups is 1. The second-order valence-corrected chi connectivity index (χ2v) is 8.67. The summed E-state index contributed by atoms with van der Waals surface area (Å²) in [6, 6.07) is 8.14. The van der Waals surface area contributed by atoms with Crippen LogP contribution < -0.4 is 0 Å². The monoisotopic (exact) mass is 432 g/mol. The van der Waals surface area contributed by atoms with Gasteiger partial charge >= 0.3 is 0 Å². The van der Waals surface area contributed by atoms with E-state index in [1.54, 1.807) is 16.8 Å². The molecule has 3 heterocycles. The average molecular weight is 433 g/mol. The lowest BCUT2D eigenvalue weighted by molar-refractivity contribution is -0.125. The number of nitrogens with zero attached hydrogens (tertiary/aromatic N) is 4. The van der Waals surface area contributed by atoms with Crippen LogP contribution in [0.4, 0.5) is 0 Å². The van der Waals surface area contributed by atoms with Crippen molar-refractivity contribution < 1.29 is 4.79 Å². The summed E-state index contributed by atoms with van der Waals surface area (Å²) in [5.74, 6) is 0.0487. The van der Waals surface area contributed by atoms with Gasteiger partial charge in [0.1, 0.15) is 5.15 Å². The van der Waals surface area contributed by atoms with Gasteiger partial charge in [0.15, 0.2) is 0 Å². The summed E-state index contributed by atoms with van der Waals surface area (Å²) in [5.41, 5.74) is 2.67. The number of carbonyl (C=O) groups excluding carboxylic acids is 1. The Labute approximate surface area is 181 Å². The molecule has 0 saturated carbocycles. The van der Waals surface area contributed by atoms with Gasteiger partial charge in [-0.3, -0.25) is 9.69 Å². The fourth-order valence-electron chi connectivity index (χ4n) is 4.23. The molecular formula is C22H26Cl2N4O. The van der Waals surface area contributed by atoms with Crippen LogP contribution in [0.25, 0.3) is 6.08 Å². The Morgan fingerprint density at radius 2 is 1.90 bits per heavy atom. The molecule has 2 aliphatic heterocycles. The van der Waals surface area contributed by atoms with Crippen molar-refractivity contribution in [2.75, 3.05) is 26.2 Å². The van der Waals surface area contributed by atoms with Crippen molar-refractivity contribution in [1.29, 1.82) is 0 Å². The van der Waals surface area contributed by atoms with Crippen molar-refractivity contribution in [1.82, 2.24) is 19.6 Å². The molecule has 1 atom stereocenters. The van der Waals surface area contributed by atoms with Gasteiger partial charge in [0, 0.05) is 35.8 Å². The number of amides is 1. The van der Waals surface area contributed by atoms with Crippen LogP contribution in [0, 0.1) is 6.92 Å². The first-order chi connectivity index (χ1) is 14.0. The smallest absolute Gasteiger partial charge is 0.246 e. The van der Waals surface area contributed by atoms with Crippen molar-refractivity contribution in [2.24, 2.45) is 0 Å². The molecule has 0 aliphatic carbocycles. The number of likely N-dealkylation sites (tertiary alicyclic amines) is 2. The molecule has 1 aromatic carbocycles. The van der Waals surface area contributed by atoms with E-state index in [9.17, 15) is 4.79 Å². The summed E-state index contributed by atoms with van der Waals surface area (Å²) >= 11 is 12.5. The summed E-state index contributed by atoms with van der Waals surface area (Å²) in [5, 5.41) is 5.78. The fraction of sp³-hybridized carbons (Fsp3) is 0.455. The van der Waals surface area contributed by atoms with Gasteiger partial charge in [-0.1, -0.05) is 35.3 Å². The molecule has 0 N–H and O–H groups in total. The van der Waals surface area contributed by atoms with E-state index in [-0.39, 0.29) is 5.91 Å². The first kappa shape index (κ1) is 20.5. The van der Waals surface area contributed by atoms with Crippen LogP contribution >= 0.6 is 23.2 Å². The Morgan fingerprint density at radius 3 is 2.62 bits per heavy atom. The topological polar surface area (TPSA) is 41.4 Å². The van der Waals surface area contributed by atoms with Gasteiger partial charge in [0.25, 0.3) is 0 Å². The van der Waals surface area contributed by atoms with Crippen LogP contribution in [0.15, 0.2) is 30.3 Å². The third-order valence-corrected chi connectivity index (χ3v) is 6.53. The summed E-state index contributed by atoms with van der Waals surface area (Å²) in [6.45, 7) is 6.46. The van der Waals surface area contributed by atoms with E-state index in [1.807, 2.05) is 36.1 Å². The van der Waals surface area contributed by atoms with E-state index < -0.39 is 0 Å². The maximum absolute atomic E-state index is 12.7. The fourth-order valence-corrected chi connectivity index (χ4v) is 4.65. The molecule has 2 aromatic rings. The van der Waals surface area contributed by atoms with Crippen molar-refractivity contribution in [3.8, 4) is 0 Å². The molecule has 1 unspecified atom stereocenters. The Kier molecular flexibility index (Phi) is 6.28. The Morgan fingerprint density at radius 1 is 1.17 bits per heavy atom. The molecule has 0 spiro atoms. The van der Waals surface area contributed by atoms with Crippen LogP contribution in [0.5, 0.6) is 0 Å². The lowest BCUT2D eigenvalue weighted by Gasteiger charge is -2.23. The molecule has 0 bridgehead atoms. The third kappa shape index (κ3) is 4.68. The van der Waals surface area contributed by atoms with Crippen molar-refractivity contribution in [2.45, 2.75) is 38.8 Å². The van der Waals surface area contributed by atoms with Gasteiger partial charge in [-0.25, -0.2) is 4.68 Å². The predicted octanol–water partition coefficient (Wildman–Crippen LogP) is 4.26. The maximum Gasteiger partial charge on any atom is 0.246 e. The number of halogens is 2. The Bertz CT molecular complexity index is 900. The zero-order chi connectivity index (χ0) is 20.4. The number of benzene rings is 1. The highest BCUT2D eigenvalue weighted by molar-refractivity contribution is 6.31. The van der Waals surface area contributed by atoms with Crippen LogP contribution in [-0.4, -0.2) is 57.7 Å². The molecule has 2 fully saturated rings. The summed E-state index contributed by atoms with van der Waals surface area (Å²) in [4.78, 5) is 17.1. The first-order valence-electron chi connectivity index (χ1n) is 10.2.